The highest BCUT2D eigenvalue weighted by Gasteiger charge is 2.33. The maximum atomic E-state index is 12.2. The van der Waals surface area contributed by atoms with Crippen LogP contribution in [0.4, 0.5) is 5.13 Å². The summed E-state index contributed by atoms with van der Waals surface area (Å²) in [7, 11) is 0. The first-order valence-electron chi connectivity index (χ1n) is 9.30. The first-order valence-corrected chi connectivity index (χ1v) is 10.1. The standard InChI is InChI=1S/C20H20N2O5S/c1-2-26-19(25)13-6-8-16-18(13)22-20(28-16)21-17(24)10-27-12-5-3-11-4-7-15(23)14(11)9-12/h3,5,9,13H,2,4,6-8,10H2,1H3,(H,21,22,24)/t13-/m1/s1. The van der Waals surface area contributed by atoms with E-state index in [0.29, 0.717) is 41.6 Å². The van der Waals surface area contributed by atoms with Crippen molar-refractivity contribution in [3.63, 3.8) is 0 Å². The van der Waals surface area contributed by atoms with Crippen LogP contribution in [0.2, 0.25) is 0 Å². The Hall–Kier alpha value is -2.74. The van der Waals surface area contributed by atoms with Gasteiger partial charge < -0.3 is 9.47 Å². The van der Waals surface area contributed by atoms with Gasteiger partial charge in [0, 0.05) is 16.9 Å². The van der Waals surface area contributed by atoms with Crippen LogP contribution in [-0.4, -0.2) is 35.9 Å². The number of nitrogens with zero attached hydrogens (tertiary/aromatic N) is 1. The molecule has 0 saturated carbocycles. The fourth-order valence-corrected chi connectivity index (χ4v) is 4.62. The molecule has 1 amide bonds. The average Bonchev–Trinajstić information content (AvgIpc) is 3.35. The van der Waals surface area contributed by atoms with Crippen molar-refractivity contribution in [1.29, 1.82) is 0 Å². The van der Waals surface area contributed by atoms with Gasteiger partial charge in [0.05, 0.1) is 12.3 Å². The van der Waals surface area contributed by atoms with Crippen molar-refractivity contribution in [3.8, 4) is 5.75 Å². The maximum absolute atomic E-state index is 12.2. The quantitative estimate of drug-likeness (QED) is 0.750. The number of hydrogen-bond donors (Lipinski definition) is 1. The lowest BCUT2D eigenvalue weighted by atomic mass is 10.1. The minimum Gasteiger partial charge on any atom is -0.484 e. The Bertz CT molecular complexity index is 952. The van der Waals surface area contributed by atoms with Crippen LogP contribution in [0.1, 0.15) is 52.2 Å². The predicted octanol–water partition coefficient (Wildman–Crippen LogP) is 2.88. The molecule has 0 aliphatic heterocycles. The molecule has 0 radical (unpaired) electrons. The molecule has 1 aromatic carbocycles. The van der Waals surface area contributed by atoms with Gasteiger partial charge in [-0.3, -0.25) is 19.7 Å². The number of Topliss-reactive ketones (excluding diaryl/α,β-unsaturated/α-hetero) is 1. The van der Waals surface area contributed by atoms with Crippen molar-refractivity contribution in [2.75, 3.05) is 18.5 Å². The van der Waals surface area contributed by atoms with E-state index in [-0.39, 0.29) is 30.2 Å². The van der Waals surface area contributed by atoms with E-state index in [1.54, 1.807) is 19.1 Å². The van der Waals surface area contributed by atoms with Gasteiger partial charge in [0.25, 0.3) is 5.91 Å². The van der Waals surface area contributed by atoms with Gasteiger partial charge in [0.1, 0.15) is 11.7 Å². The van der Waals surface area contributed by atoms with E-state index in [1.165, 1.54) is 11.3 Å². The molecule has 2 aliphatic rings. The Labute approximate surface area is 166 Å². The fraction of sp³-hybridized carbons (Fsp3) is 0.400. The number of carbonyl (C=O) groups is 3. The minimum atomic E-state index is -0.350. The number of fused-ring (bicyclic) bond motifs is 2. The molecule has 28 heavy (non-hydrogen) atoms. The van der Waals surface area contributed by atoms with Crippen molar-refractivity contribution in [3.05, 3.63) is 39.9 Å². The van der Waals surface area contributed by atoms with Gasteiger partial charge in [-0.25, -0.2) is 4.98 Å². The Morgan fingerprint density at radius 2 is 2.14 bits per heavy atom. The molecule has 146 valence electrons. The second-order valence-corrected chi connectivity index (χ2v) is 7.83. The van der Waals surface area contributed by atoms with E-state index in [1.807, 2.05) is 6.07 Å². The van der Waals surface area contributed by atoms with E-state index in [0.717, 1.165) is 23.3 Å². The molecule has 0 bridgehead atoms. The van der Waals surface area contributed by atoms with Gasteiger partial charge in [0.2, 0.25) is 0 Å². The number of carbonyl (C=O) groups excluding carboxylic acids is 3. The number of hydrogen-bond acceptors (Lipinski definition) is 7. The molecule has 2 aromatic rings. The van der Waals surface area contributed by atoms with E-state index in [2.05, 4.69) is 10.3 Å². The zero-order valence-corrected chi connectivity index (χ0v) is 16.3. The van der Waals surface area contributed by atoms with Gasteiger partial charge in [0.15, 0.2) is 17.5 Å². The Balaban J connectivity index is 1.35. The SMILES string of the molecule is CCOC(=O)[C@@H]1CCc2sc(NC(=O)COc3ccc4c(c3)C(=O)CC4)nc21. The third-order valence-electron chi connectivity index (χ3n) is 4.91. The predicted molar refractivity (Wildman–Crippen MR) is 103 cm³/mol. The summed E-state index contributed by atoms with van der Waals surface area (Å²) in [4.78, 5) is 41.4. The van der Waals surface area contributed by atoms with Crippen LogP contribution >= 0.6 is 11.3 Å². The Morgan fingerprint density at radius 3 is 2.96 bits per heavy atom. The number of esters is 1. The number of thiazole rings is 1. The molecule has 7 nitrogen and oxygen atoms in total. The highest BCUT2D eigenvalue weighted by atomic mass is 32.1. The number of benzene rings is 1. The summed E-state index contributed by atoms with van der Waals surface area (Å²) in [5, 5.41) is 3.17. The van der Waals surface area contributed by atoms with Crippen molar-refractivity contribution >= 4 is 34.1 Å². The van der Waals surface area contributed by atoms with Crippen molar-refractivity contribution in [2.24, 2.45) is 0 Å². The lowest BCUT2D eigenvalue weighted by Crippen LogP contribution is -2.20. The zero-order valence-electron chi connectivity index (χ0n) is 15.4. The highest BCUT2D eigenvalue weighted by molar-refractivity contribution is 7.16. The normalized spacial score (nSPS) is 17.2. The first-order chi connectivity index (χ1) is 13.5. The van der Waals surface area contributed by atoms with Gasteiger partial charge in [-0.2, -0.15) is 0 Å². The number of amides is 1. The molecule has 2 aliphatic carbocycles. The number of aromatic nitrogens is 1. The molecule has 1 heterocycles. The van der Waals surface area contributed by atoms with Crippen molar-refractivity contribution in [2.45, 2.75) is 38.5 Å². The number of nitrogens with one attached hydrogen (secondary N) is 1. The third kappa shape index (κ3) is 3.64. The van der Waals surface area contributed by atoms with Crippen molar-refractivity contribution in [1.82, 2.24) is 4.98 Å². The summed E-state index contributed by atoms with van der Waals surface area (Å²) in [6.07, 6.45) is 2.74. The second kappa shape index (κ2) is 7.71. The summed E-state index contributed by atoms with van der Waals surface area (Å²) in [6.45, 7) is 1.93. The van der Waals surface area contributed by atoms with Crippen LogP contribution < -0.4 is 10.1 Å². The molecule has 0 saturated heterocycles. The van der Waals surface area contributed by atoms with E-state index < -0.39 is 0 Å². The topological polar surface area (TPSA) is 94.6 Å². The van der Waals surface area contributed by atoms with Gasteiger partial charge >= 0.3 is 5.97 Å². The van der Waals surface area contributed by atoms with E-state index in [4.69, 9.17) is 9.47 Å². The number of ketones is 1. The summed E-state index contributed by atoms with van der Waals surface area (Å²) in [6, 6.07) is 5.33. The highest BCUT2D eigenvalue weighted by Crippen LogP contribution is 2.39. The smallest absolute Gasteiger partial charge is 0.315 e. The van der Waals surface area contributed by atoms with Crippen LogP contribution in [0.15, 0.2) is 18.2 Å². The largest absolute Gasteiger partial charge is 0.484 e. The lowest BCUT2D eigenvalue weighted by molar-refractivity contribution is -0.145. The number of rotatable bonds is 6. The molecule has 4 rings (SSSR count). The first kappa shape index (κ1) is 18.6. The monoisotopic (exact) mass is 400 g/mol. The molecule has 1 N–H and O–H groups in total. The van der Waals surface area contributed by atoms with Gasteiger partial charge in [-0.1, -0.05) is 6.07 Å². The molecule has 8 heteroatoms. The number of aryl methyl sites for hydroxylation is 2. The van der Waals surface area contributed by atoms with Crippen molar-refractivity contribution < 1.29 is 23.9 Å². The molecule has 0 spiro atoms. The molecule has 0 unspecified atom stereocenters. The van der Waals surface area contributed by atoms with Crippen LogP contribution in [0.5, 0.6) is 5.75 Å². The lowest BCUT2D eigenvalue weighted by Gasteiger charge is -2.08. The molecular weight excluding hydrogens is 380 g/mol. The molecule has 1 atom stereocenters. The summed E-state index contributed by atoms with van der Waals surface area (Å²) < 4.78 is 10.6. The Kier molecular flexibility index (Phi) is 5.13. The zero-order chi connectivity index (χ0) is 19.7. The van der Waals surface area contributed by atoms with E-state index in [9.17, 15) is 14.4 Å². The molecular formula is C20H20N2O5S. The van der Waals surface area contributed by atoms with Gasteiger partial charge in [-0.05, 0) is 43.9 Å². The Morgan fingerprint density at radius 1 is 1.29 bits per heavy atom. The fourth-order valence-electron chi connectivity index (χ4n) is 3.56. The third-order valence-corrected chi connectivity index (χ3v) is 5.95. The van der Waals surface area contributed by atoms with Crippen LogP contribution in [0.3, 0.4) is 0 Å². The summed E-state index contributed by atoms with van der Waals surface area (Å²) in [5.74, 6) is -0.352. The molecule has 0 fully saturated rings. The number of ether oxygens (including phenoxy) is 2. The van der Waals surface area contributed by atoms with Crippen LogP contribution in [0, 0.1) is 0 Å². The minimum absolute atomic E-state index is 0.110. The van der Waals surface area contributed by atoms with Gasteiger partial charge in [-0.15, -0.1) is 11.3 Å². The van der Waals surface area contributed by atoms with Crippen LogP contribution in [-0.2, 0) is 27.2 Å². The number of anilines is 1. The summed E-state index contributed by atoms with van der Waals surface area (Å²) >= 11 is 1.38. The summed E-state index contributed by atoms with van der Waals surface area (Å²) in [5.41, 5.74) is 2.41. The molecule has 1 aromatic heterocycles. The average molecular weight is 400 g/mol. The van der Waals surface area contributed by atoms with E-state index >= 15 is 0 Å². The second-order valence-electron chi connectivity index (χ2n) is 6.75. The maximum Gasteiger partial charge on any atom is 0.315 e. The van der Waals surface area contributed by atoms with Crippen LogP contribution in [0.25, 0.3) is 0 Å².